The lowest BCUT2D eigenvalue weighted by atomic mass is 10.2. The van der Waals surface area contributed by atoms with Crippen molar-refractivity contribution >= 4 is 17.4 Å². The van der Waals surface area contributed by atoms with Gasteiger partial charge in [0, 0.05) is 19.1 Å². The predicted molar refractivity (Wildman–Crippen MR) is 73.3 cm³/mol. The Labute approximate surface area is 116 Å². The summed E-state index contributed by atoms with van der Waals surface area (Å²) in [6.07, 6.45) is 3.38. The molecule has 0 spiro atoms. The maximum atomic E-state index is 12.0. The normalized spacial score (nSPS) is 14.3. The number of nitrogens with zero attached hydrogens (tertiary/aromatic N) is 3. The molecule has 0 unspecified atom stereocenters. The molecule has 0 aromatic carbocycles. The van der Waals surface area contributed by atoms with E-state index in [1.54, 1.807) is 0 Å². The van der Waals surface area contributed by atoms with Gasteiger partial charge in [-0.05, 0) is 26.0 Å². The molecule has 0 aliphatic heterocycles. The molecule has 1 fully saturated rings. The Bertz CT molecular complexity index is 530. The van der Waals surface area contributed by atoms with Crippen molar-refractivity contribution in [2.45, 2.75) is 18.9 Å². The number of carbonyl (C=O) groups excluding carboxylic acids is 1. The minimum Gasteiger partial charge on any atom is -0.384 e. The van der Waals surface area contributed by atoms with Gasteiger partial charge in [0.2, 0.25) is 0 Å². The van der Waals surface area contributed by atoms with Crippen molar-refractivity contribution in [3.8, 4) is 0 Å². The Morgan fingerprint density at radius 3 is 2.95 bits per heavy atom. The summed E-state index contributed by atoms with van der Waals surface area (Å²) < 4.78 is 0. The van der Waals surface area contributed by atoms with Crippen LogP contribution in [-0.2, 0) is 0 Å². The van der Waals surface area contributed by atoms with Gasteiger partial charge in [-0.2, -0.15) is 0 Å². The second kappa shape index (κ2) is 5.83. The number of likely N-dealkylation sites (N-methyl/N-ethyl adjacent to an activating group) is 1. The largest absolute Gasteiger partial charge is 0.384 e. The van der Waals surface area contributed by atoms with Gasteiger partial charge in [-0.1, -0.05) is 0 Å². The van der Waals surface area contributed by atoms with Crippen LogP contribution in [0.1, 0.15) is 23.2 Å². The van der Waals surface area contributed by atoms with Gasteiger partial charge in [0.05, 0.1) is 4.92 Å². The van der Waals surface area contributed by atoms with Gasteiger partial charge in [-0.3, -0.25) is 14.9 Å². The van der Waals surface area contributed by atoms with Crippen molar-refractivity contribution in [3.63, 3.8) is 0 Å². The smallest absolute Gasteiger partial charge is 0.300 e. The number of amides is 1. The number of hydrogen-bond acceptors (Lipinski definition) is 6. The standard InChI is InChI=1S/C12H17N5O3/c1-16(8-2-3-8)5-4-14-12(18)9-6-11(13)15-7-10(9)17(19)20/h6-8H,2-5H2,1H3,(H2,13,15)(H,14,18). The topological polar surface area (TPSA) is 114 Å². The summed E-state index contributed by atoms with van der Waals surface area (Å²) in [5, 5.41) is 13.5. The summed E-state index contributed by atoms with van der Waals surface area (Å²) in [6, 6.07) is 1.83. The number of carbonyl (C=O) groups is 1. The first-order valence-electron chi connectivity index (χ1n) is 6.37. The van der Waals surface area contributed by atoms with Crippen LogP contribution in [-0.4, -0.2) is 46.9 Å². The van der Waals surface area contributed by atoms with Crippen LogP contribution in [0.2, 0.25) is 0 Å². The van der Waals surface area contributed by atoms with Gasteiger partial charge in [0.15, 0.2) is 0 Å². The molecule has 8 heteroatoms. The fourth-order valence-electron chi connectivity index (χ4n) is 1.93. The molecule has 0 bridgehead atoms. The number of rotatable bonds is 6. The highest BCUT2D eigenvalue weighted by Crippen LogP contribution is 2.24. The molecule has 1 heterocycles. The average molecular weight is 279 g/mol. The Kier molecular flexibility index (Phi) is 4.14. The van der Waals surface area contributed by atoms with E-state index in [2.05, 4.69) is 15.2 Å². The van der Waals surface area contributed by atoms with Crippen LogP contribution in [0.4, 0.5) is 11.5 Å². The Balaban J connectivity index is 1.97. The lowest BCUT2D eigenvalue weighted by Gasteiger charge is -2.15. The molecule has 3 N–H and O–H groups in total. The number of pyridine rings is 1. The maximum Gasteiger partial charge on any atom is 0.300 e. The van der Waals surface area contributed by atoms with E-state index in [1.165, 1.54) is 18.9 Å². The second-order valence-corrected chi connectivity index (χ2v) is 4.85. The minimum atomic E-state index is -0.641. The molecule has 1 saturated carbocycles. The zero-order valence-corrected chi connectivity index (χ0v) is 11.2. The first-order chi connectivity index (χ1) is 9.49. The highest BCUT2D eigenvalue weighted by atomic mass is 16.6. The Morgan fingerprint density at radius 2 is 2.35 bits per heavy atom. The molecule has 1 aromatic rings. The van der Waals surface area contributed by atoms with Crippen LogP contribution in [0.5, 0.6) is 0 Å². The molecule has 0 atom stereocenters. The molecular weight excluding hydrogens is 262 g/mol. The van der Waals surface area contributed by atoms with E-state index in [-0.39, 0.29) is 17.1 Å². The lowest BCUT2D eigenvalue weighted by molar-refractivity contribution is -0.385. The molecule has 1 aliphatic carbocycles. The molecular formula is C12H17N5O3. The molecule has 8 nitrogen and oxygen atoms in total. The van der Waals surface area contributed by atoms with E-state index in [1.807, 2.05) is 7.05 Å². The zero-order chi connectivity index (χ0) is 14.7. The van der Waals surface area contributed by atoms with Crippen LogP contribution in [0, 0.1) is 10.1 Å². The molecule has 1 aliphatic rings. The number of nitrogens with one attached hydrogen (secondary N) is 1. The van der Waals surface area contributed by atoms with Crippen molar-refractivity contribution < 1.29 is 9.72 Å². The molecule has 108 valence electrons. The van der Waals surface area contributed by atoms with Gasteiger partial charge < -0.3 is 16.0 Å². The van der Waals surface area contributed by atoms with E-state index in [0.29, 0.717) is 19.1 Å². The molecule has 2 rings (SSSR count). The first kappa shape index (κ1) is 14.2. The second-order valence-electron chi connectivity index (χ2n) is 4.85. The monoisotopic (exact) mass is 279 g/mol. The minimum absolute atomic E-state index is 0.0587. The van der Waals surface area contributed by atoms with Crippen molar-refractivity contribution in [1.82, 2.24) is 15.2 Å². The van der Waals surface area contributed by atoms with Gasteiger partial charge >= 0.3 is 0 Å². The fraction of sp³-hybridized carbons (Fsp3) is 0.500. The SMILES string of the molecule is CN(CCNC(=O)c1cc(N)ncc1[N+](=O)[O-])C1CC1. The van der Waals surface area contributed by atoms with Crippen LogP contribution in [0.3, 0.4) is 0 Å². The number of nitrogens with two attached hydrogens (primary N) is 1. The molecule has 20 heavy (non-hydrogen) atoms. The number of hydrogen-bond donors (Lipinski definition) is 2. The summed E-state index contributed by atoms with van der Waals surface area (Å²) in [6.45, 7) is 1.15. The van der Waals surface area contributed by atoms with Crippen molar-refractivity contribution in [2.24, 2.45) is 0 Å². The average Bonchev–Trinajstić information content (AvgIpc) is 3.22. The quantitative estimate of drug-likeness (QED) is 0.575. The molecule has 1 amide bonds. The van der Waals surface area contributed by atoms with Crippen LogP contribution >= 0.6 is 0 Å². The van der Waals surface area contributed by atoms with Gasteiger partial charge in [0.1, 0.15) is 17.6 Å². The lowest BCUT2D eigenvalue weighted by Crippen LogP contribution is -2.34. The zero-order valence-electron chi connectivity index (χ0n) is 11.2. The summed E-state index contributed by atoms with van der Waals surface area (Å²) in [5.41, 5.74) is 5.07. The van der Waals surface area contributed by atoms with Crippen molar-refractivity contribution in [3.05, 3.63) is 27.9 Å². The first-order valence-corrected chi connectivity index (χ1v) is 6.37. The third kappa shape index (κ3) is 3.41. The van der Waals surface area contributed by atoms with Gasteiger partial charge in [0.25, 0.3) is 11.6 Å². The van der Waals surface area contributed by atoms with E-state index >= 15 is 0 Å². The summed E-state index contributed by atoms with van der Waals surface area (Å²) in [4.78, 5) is 28.0. The third-order valence-electron chi connectivity index (χ3n) is 3.27. The Hall–Kier alpha value is -2.22. The summed E-state index contributed by atoms with van der Waals surface area (Å²) >= 11 is 0. The summed E-state index contributed by atoms with van der Waals surface area (Å²) in [7, 11) is 2.00. The van der Waals surface area contributed by atoms with E-state index in [4.69, 9.17) is 5.73 Å². The summed E-state index contributed by atoms with van der Waals surface area (Å²) in [5.74, 6) is -0.425. The molecule has 0 radical (unpaired) electrons. The number of nitro groups is 1. The van der Waals surface area contributed by atoms with E-state index in [0.717, 1.165) is 6.20 Å². The van der Waals surface area contributed by atoms with E-state index in [9.17, 15) is 14.9 Å². The van der Waals surface area contributed by atoms with Crippen LogP contribution in [0.25, 0.3) is 0 Å². The predicted octanol–water partition coefficient (Wildman–Crippen LogP) is 0.396. The molecule has 0 saturated heterocycles. The third-order valence-corrected chi connectivity index (χ3v) is 3.27. The van der Waals surface area contributed by atoms with Crippen molar-refractivity contribution in [1.29, 1.82) is 0 Å². The van der Waals surface area contributed by atoms with E-state index < -0.39 is 10.8 Å². The van der Waals surface area contributed by atoms with Gasteiger partial charge in [-0.25, -0.2) is 4.98 Å². The van der Waals surface area contributed by atoms with Crippen LogP contribution < -0.4 is 11.1 Å². The van der Waals surface area contributed by atoms with Crippen molar-refractivity contribution in [2.75, 3.05) is 25.9 Å². The van der Waals surface area contributed by atoms with Crippen LogP contribution in [0.15, 0.2) is 12.3 Å². The van der Waals surface area contributed by atoms with Gasteiger partial charge in [-0.15, -0.1) is 0 Å². The molecule has 1 aromatic heterocycles. The highest BCUT2D eigenvalue weighted by molar-refractivity contribution is 5.98. The number of anilines is 1. The number of nitrogen functional groups attached to an aromatic ring is 1. The highest BCUT2D eigenvalue weighted by Gasteiger charge is 2.26. The maximum absolute atomic E-state index is 12.0. The number of aromatic nitrogens is 1. The fourth-order valence-corrected chi connectivity index (χ4v) is 1.93. The Morgan fingerprint density at radius 1 is 1.65 bits per heavy atom.